The minimum absolute atomic E-state index is 0.0349. The van der Waals surface area contributed by atoms with E-state index in [2.05, 4.69) is 20.4 Å². The van der Waals surface area contributed by atoms with Gasteiger partial charge in [0.15, 0.2) is 0 Å². The molecule has 2 aromatic heterocycles. The Kier molecular flexibility index (Phi) is 4.15. The van der Waals surface area contributed by atoms with Crippen LogP contribution in [-0.4, -0.2) is 44.1 Å². The molecule has 8 nitrogen and oxygen atoms in total. The second-order valence-electron chi connectivity index (χ2n) is 4.63. The molecule has 2 aromatic rings. The van der Waals surface area contributed by atoms with Crippen molar-refractivity contribution in [1.82, 2.24) is 24.9 Å². The largest absolute Gasteiger partial charge is 0.464 e. The van der Waals surface area contributed by atoms with Gasteiger partial charge in [-0.2, -0.15) is 4.98 Å². The van der Waals surface area contributed by atoms with Crippen LogP contribution in [0.15, 0.2) is 6.07 Å². The van der Waals surface area contributed by atoms with Crippen molar-refractivity contribution in [1.29, 1.82) is 0 Å². The molecule has 1 atom stereocenters. The number of carbonyl (C=O) groups is 2. The summed E-state index contributed by atoms with van der Waals surface area (Å²) in [6.45, 7) is 7.18. The summed E-state index contributed by atoms with van der Waals surface area (Å²) in [4.78, 5) is 31.8. The van der Waals surface area contributed by atoms with Crippen LogP contribution in [0.2, 0.25) is 0 Å². The Bertz CT molecular complexity index is 694. The van der Waals surface area contributed by atoms with Gasteiger partial charge in [0.25, 0.3) is 11.7 Å². The maximum absolute atomic E-state index is 12.0. The van der Waals surface area contributed by atoms with E-state index in [1.807, 2.05) is 19.9 Å². The molecule has 0 saturated heterocycles. The molecule has 0 aliphatic carbocycles. The van der Waals surface area contributed by atoms with E-state index in [0.717, 1.165) is 11.4 Å². The average molecular weight is 291 g/mol. The predicted octanol–water partition coefficient (Wildman–Crippen LogP) is 0.423. The van der Waals surface area contributed by atoms with Crippen molar-refractivity contribution < 1.29 is 14.3 Å². The maximum Gasteiger partial charge on any atom is 0.328 e. The molecular formula is C13H17N5O3. The van der Waals surface area contributed by atoms with Gasteiger partial charge in [-0.1, -0.05) is 0 Å². The fourth-order valence-electron chi connectivity index (χ4n) is 1.85. The van der Waals surface area contributed by atoms with Crippen LogP contribution < -0.4 is 5.32 Å². The number of hydrogen-bond acceptors (Lipinski definition) is 6. The molecule has 0 radical (unpaired) electrons. The molecule has 0 fully saturated rings. The van der Waals surface area contributed by atoms with E-state index in [-0.39, 0.29) is 12.4 Å². The third-order valence-electron chi connectivity index (χ3n) is 2.81. The molecule has 21 heavy (non-hydrogen) atoms. The van der Waals surface area contributed by atoms with Crippen LogP contribution in [-0.2, 0) is 9.53 Å². The van der Waals surface area contributed by atoms with Crippen molar-refractivity contribution in [2.45, 2.75) is 33.7 Å². The van der Waals surface area contributed by atoms with Gasteiger partial charge in [0, 0.05) is 11.4 Å². The number of nitrogens with zero attached hydrogens (tertiary/aromatic N) is 4. The molecule has 0 aliphatic rings. The highest BCUT2D eigenvalue weighted by molar-refractivity contribution is 5.93. The van der Waals surface area contributed by atoms with E-state index in [4.69, 9.17) is 4.74 Å². The Morgan fingerprint density at radius 2 is 2.10 bits per heavy atom. The van der Waals surface area contributed by atoms with Crippen LogP contribution in [0.3, 0.4) is 0 Å². The zero-order valence-electron chi connectivity index (χ0n) is 12.4. The van der Waals surface area contributed by atoms with Crippen molar-refractivity contribution in [3.63, 3.8) is 0 Å². The first-order chi connectivity index (χ1) is 9.92. The fraction of sp³-hybridized carbons (Fsp3) is 0.462. The number of ether oxygens (including phenoxy) is 1. The number of fused-ring (bicyclic) bond motifs is 1. The second kappa shape index (κ2) is 5.86. The standard InChI is InChI=1S/C13H17N5O3/c1-5-21-12(20)9(4)15-11(19)10-16-13-14-7(2)6-8(3)18(13)17-10/h6,9H,5H2,1-4H3,(H,15,19). The van der Waals surface area contributed by atoms with Gasteiger partial charge < -0.3 is 10.1 Å². The summed E-state index contributed by atoms with van der Waals surface area (Å²) in [5, 5.41) is 6.59. The number of amides is 1. The quantitative estimate of drug-likeness (QED) is 0.820. The molecule has 1 unspecified atom stereocenters. The number of hydrogen-bond donors (Lipinski definition) is 1. The first kappa shape index (κ1) is 14.9. The normalized spacial score (nSPS) is 12.2. The smallest absolute Gasteiger partial charge is 0.328 e. The summed E-state index contributed by atoms with van der Waals surface area (Å²) >= 11 is 0. The van der Waals surface area contributed by atoms with Crippen molar-refractivity contribution >= 4 is 17.7 Å². The van der Waals surface area contributed by atoms with E-state index >= 15 is 0 Å². The first-order valence-corrected chi connectivity index (χ1v) is 6.61. The summed E-state index contributed by atoms with van der Waals surface area (Å²) < 4.78 is 6.31. The van der Waals surface area contributed by atoms with E-state index in [1.54, 1.807) is 13.8 Å². The summed E-state index contributed by atoms with van der Waals surface area (Å²) in [5.41, 5.74) is 1.61. The van der Waals surface area contributed by atoms with Gasteiger partial charge in [-0.05, 0) is 33.8 Å². The third-order valence-corrected chi connectivity index (χ3v) is 2.81. The molecular weight excluding hydrogens is 274 g/mol. The molecule has 0 saturated carbocycles. The van der Waals surface area contributed by atoms with Gasteiger partial charge in [0.05, 0.1) is 6.61 Å². The zero-order valence-corrected chi connectivity index (χ0v) is 12.4. The molecule has 2 rings (SSSR count). The minimum atomic E-state index is -0.764. The molecule has 0 bridgehead atoms. The molecule has 8 heteroatoms. The molecule has 2 heterocycles. The number of aryl methyl sites for hydroxylation is 2. The lowest BCUT2D eigenvalue weighted by atomic mass is 10.3. The van der Waals surface area contributed by atoms with E-state index in [0.29, 0.717) is 5.78 Å². The lowest BCUT2D eigenvalue weighted by Crippen LogP contribution is -2.40. The van der Waals surface area contributed by atoms with Crippen molar-refractivity contribution in [3.8, 4) is 0 Å². The Labute approximate surface area is 121 Å². The molecule has 1 N–H and O–H groups in total. The topological polar surface area (TPSA) is 98.5 Å². The van der Waals surface area contributed by atoms with Gasteiger partial charge in [0.1, 0.15) is 6.04 Å². The van der Waals surface area contributed by atoms with Crippen LogP contribution in [0.25, 0.3) is 5.78 Å². The minimum Gasteiger partial charge on any atom is -0.464 e. The molecule has 0 spiro atoms. The van der Waals surface area contributed by atoms with Crippen LogP contribution in [0, 0.1) is 13.8 Å². The average Bonchev–Trinajstić information content (AvgIpc) is 2.83. The Morgan fingerprint density at radius 3 is 2.76 bits per heavy atom. The second-order valence-corrected chi connectivity index (χ2v) is 4.63. The Balaban J connectivity index is 2.20. The van der Waals surface area contributed by atoms with Gasteiger partial charge in [-0.15, -0.1) is 5.10 Å². The zero-order chi connectivity index (χ0) is 15.6. The fourth-order valence-corrected chi connectivity index (χ4v) is 1.85. The molecule has 0 aliphatic heterocycles. The maximum atomic E-state index is 12.0. The van der Waals surface area contributed by atoms with Crippen LogP contribution in [0.4, 0.5) is 0 Å². The van der Waals surface area contributed by atoms with Gasteiger partial charge in [0.2, 0.25) is 5.82 Å². The van der Waals surface area contributed by atoms with Crippen molar-refractivity contribution in [2.24, 2.45) is 0 Å². The van der Waals surface area contributed by atoms with Gasteiger partial charge >= 0.3 is 5.97 Å². The predicted molar refractivity (Wildman–Crippen MR) is 73.8 cm³/mol. The van der Waals surface area contributed by atoms with E-state index in [9.17, 15) is 9.59 Å². The number of esters is 1. The highest BCUT2D eigenvalue weighted by atomic mass is 16.5. The summed E-state index contributed by atoms with van der Waals surface area (Å²) in [5.74, 6) is -0.730. The SMILES string of the molecule is CCOC(=O)C(C)NC(=O)c1nc2nc(C)cc(C)n2n1. The monoisotopic (exact) mass is 291 g/mol. The highest BCUT2D eigenvalue weighted by Crippen LogP contribution is 2.05. The van der Waals surface area contributed by atoms with Gasteiger partial charge in [-0.3, -0.25) is 4.79 Å². The first-order valence-electron chi connectivity index (χ1n) is 6.61. The molecule has 0 aromatic carbocycles. The van der Waals surface area contributed by atoms with E-state index < -0.39 is 17.9 Å². The molecule has 1 amide bonds. The number of rotatable bonds is 4. The van der Waals surface area contributed by atoms with Crippen LogP contribution in [0.1, 0.15) is 35.9 Å². The summed E-state index contributed by atoms with van der Waals surface area (Å²) in [6, 6.07) is 1.07. The lowest BCUT2D eigenvalue weighted by Gasteiger charge is -2.10. The third kappa shape index (κ3) is 3.15. The Morgan fingerprint density at radius 1 is 1.38 bits per heavy atom. The van der Waals surface area contributed by atoms with Crippen LogP contribution >= 0.6 is 0 Å². The van der Waals surface area contributed by atoms with E-state index in [1.165, 1.54) is 4.52 Å². The number of carbonyl (C=O) groups excluding carboxylic acids is 2. The molecule has 112 valence electrons. The highest BCUT2D eigenvalue weighted by Gasteiger charge is 2.21. The van der Waals surface area contributed by atoms with Crippen LogP contribution in [0.5, 0.6) is 0 Å². The summed E-state index contributed by atoms with van der Waals surface area (Å²) in [6.07, 6.45) is 0. The lowest BCUT2D eigenvalue weighted by molar-refractivity contribution is -0.144. The Hall–Kier alpha value is -2.51. The van der Waals surface area contributed by atoms with Crippen molar-refractivity contribution in [3.05, 3.63) is 23.3 Å². The summed E-state index contributed by atoms with van der Waals surface area (Å²) in [7, 11) is 0. The van der Waals surface area contributed by atoms with Crippen molar-refractivity contribution in [2.75, 3.05) is 6.61 Å². The number of aromatic nitrogens is 4. The number of nitrogens with one attached hydrogen (secondary N) is 1. The van der Waals surface area contributed by atoms with Gasteiger partial charge in [-0.25, -0.2) is 14.3 Å².